The van der Waals surface area contributed by atoms with Crippen LogP contribution in [-0.2, 0) is 4.43 Å². The van der Waals surface area contributed by atoms with E-state index in [0.717, 1.165) is 11.3 Å². The number of benzene rings is 1. The van der Waals surface area contributed by atoms with Gasteiger partial charge in [-0.3, -0.25) is 0 Å². The molecular formula is C13H19NO2Si. The highest BCUT2D eigenvalue weighted by Crippen LogP contribution is 2.12. The number of hydrogen-bond acceptors (Lipinski definition) is 3. The molecule has 1 aromatic carbocycles. The Bertz CT molecular complexity index is 422. The molecule has 4 heteroatoms. The molecule has 0 aliphatic carbocycles. The largest absolute Gasteiger partial charge is 0.532 e. The second-order valence-electron chi connectivity index (χ2n) is 4.64. The third kappa shape index (κ3) is 5.35. The molecule has 92 valence electrons. The Morgan fingerprint density at radius 2 is 2.06 bits per heavy atom. The Hall–Kier alpha value is -1.55. The van der Waals surface area contributed by atoms with Crippen molar-refractivity contribution in [3.8, 4) is 5.75 Å². The molecule has 0 atom stereocenters. The van der Waals surface area contributed by atoms with Gasteiger partial charge in [-0.2, -0.15) is 0 Å². The summed E-state index contributed by atoms with van der Waals surface area (Å²) in [4.78, 5) is 4.19. The van der Waals surface area contributed by atoms with Crippen LogP contribution < -0.4 is 4.74 Å². The van der Waals surface area contributed by atoms with Gasteiger partial charge in [0.1, 0.15) is 5.75 Å². The van der Waals surface area contributed by atoms with Gasteiger partial charge in [0, 0.05) is 6.21 Å². The van der Waals surface area contributed by atoms with E-state index in [4.69, 9.17) is 9.16 Å². The molecule has 0 aromatic heterocycles. The molecule has 3 nitrogen and oxygen atoms in total. The van der Waals surface area contributed by atoms with Crippen LogP contribution in [0.5, 0.6) is 5.75 Å². The van der Waals surface area contributed by atoms with Crippen molar-refractivity contribution in [1.82, 2.24) is 0 Å². The maximum Gasteiger partial charge on any atom is 0.244 e. The summed E-state index contributed by atoms with van der Waals surface area (Å²) in [6, 6.07) is 7.67. The standard InChI is InChI=1S/C13H19NO2Si/c1-11(16-17(3,4)5)14-10-12-7-6-8-13(9-12)15-2/h6-10H,1H2,2-5H3/b14-10+. The van der Waals surface area contributed by atoms with Crippen molar-refractivity contribution in [2.24, 2.45) is 4.99 Å². The van der Waals surface area contributed by atoms with E-state index >= 15 is 0 Å². The fourth-order valence-corrected chi connectivity index (χ4v) is 2.01. The van der Waals surface area contributed by atoms with Crippen molar-refractivity contribution in [2.75, 3.05) is 7.11 Å². The molecule has 0 saturated carbocycles. The zero-order valence-electron chi connectivity index (χ0n) is 10.9. The van der Waals surface area contributed by atoms with Gasteiger partial charge in [-0.25, -0.2) is 4.99 Å². The molecule has 1 rings (SSSR count). The Morgan fingerprint density at radius 3 is 2.65 bits per heavy atom. The van der Waals surface area contributed by atoms with E-state index in [1.165, 1.54) is 0 Å². The van der Waals surface area contributed by atoms with Crippen LogP contribution in [0.3, 0.4) is 0 Å². The first kappa shape index (κ1) is 13.5. The number of ether oxygens (including phenoxy) is 1. The van der Waals surface area contributed by atoms with Crippen molar-refractivity contribution in [1.29, 1.82) is 0 Å². The van der Waals surface area contributed by atoms with Gasteiger partial charge < -0.3 is 9.16 Å². The molecule has 0 heterocycles. The fourth-order valence-electron chi connectivity index (χ4n) is 1.25. The summed E-state index contributed by atoms with van der Waals surface area (Å²) in [5.74, 6) is 1.28. The molecule has 0 saturated heterocycles. The average molecular weight is 249 g/mol. The van der Waals surface area contributed by atoms with Crippen LogP contribution in [0.1, 0.15) is 5.56 Å². The molecule has 17 heavy (non-hydrogen) atoms. The summed E-state index contributed by atoms with van der Waals surface area (Å²) < 4.78 is 10.8. The van der Waals surface area contributed by atoms with Crippen LogP contribution in [0.4, 0.5) is 0 Å². The van der Waals surface area contributed by atoms with Gasteiger partial charge >= 0.3 is 0 Å². The van der Waals surface area contributed by atoms with Crippen molar-refractivity contribution in [2.45, 2.75) is 19.6 Å². The average Bonchev–Trinajstić information content (AvgIpc) is 2.24. The van der Waals surface area contributed by atoms with Crippen LogP contribution in [0.25, 0.3) is 0 Å². The van der Waals surface area contributed by atoms with Crippen LogP contribution in [0.15, 0.2) is 41.7 Å². The van der Waals surface area contributed by atoms with Gasteiger partial charge in [0.25, 0.3) is 0 Å². The number of methoxy groups -OCH3 is 1. The van der Waals surface area contributed by atoms with E-state index in [2.05, 4.69) is 31.2 Å². The number of rotatable bonds is 5. The molecule has 0 amide bonds. The highest BCUT2D eigenvalue weighted by molar-refractivity contribution is 6.70. The van der Waals surface area contributed by atoms with Gasteiger partial charge in [0.2, 0.25) is 8.32 Å². The SMILES string of the molecule is C=C(/N=C/c1cccc(OC)c1)O[Si](C)(C)C. The van der Waals surface area contributed by atoms with E-state index in [-0.39, 0.29) is 0 Å². The third-order valence-corrected chi connectivity index (χ3v) is 2.72. The predicted molar refractivity (Wildman–Crippen MR) is 74.2 cm³/mol. The molecular weight excluding hydrogens is 230 g/mol. The second-order valence-corrected chi connectivity index (χ2v) is 9.07. The molecule has 0 bridgehead atoms. The van der Waals surface area contributed by atoms with Gasteiger partial charge in [-0.1, -0.05) is 12.1 Å². The zero-order chi connectivity index (χ0) is 12.9. The summed E-state index contributed by atoms with van der Waals surface area (Å²) in [5, 5.41) is 0. The van der Waals surface area contributed by atoms with E-state index in [9.17, 15) is 0 Å². The van der Waals surface area contributed by atoms with Crippen LogP contribution in [0, 0.1) is 0 Å². The van der Waals surface area contributed by atoms with Crippen LogP contribution in [0.2, 0.25) is 19.6 Å². The lowest BCUT2D eigenvalue weighted by molar-refractivity contribution is 0.414. The number of nitrogens with zero attached hydrogens (tertiary/aromatic N) is 1. The van der Waals surface area contributed by atoms with E-state index in [1.54, 1.807) is 13.3 Å². The highest BCUT2D eigenvalue weighted by Gasteiger charge is 2.16. The van der Waals surface area contributed by atoms with Crippen molar-refractivity contribution >= 4 is 14.5 Å². The normalized spacial score (nSPS) is 11.5. The topological polar surface area (TPSA) is 30.8 Å². The first-order chi connectivity index (χ1) is 7.90. The highest BCUT2D eigenvalue weighted by atomic mass is 28.4. The van der Waals surface area contributed by atoms with Gasteiger partial charge in [-0.05, 0) is 43.9 Å². The lowest BCUT2D eigenvalue weighted by atomic mass is 10.2. The lowest BCUT2D eigenvalue weighted by Gasteiger charge is -2.17. The van der Waals surface area contributed by atoms with Crippen molar-refractivity contribution < 1.29 is 9.16 Å². The molecule has 1 aromatic rings. The summed E-state index contributed by atoms with van der Waals surface area (Å²) in [6.07, 6.45) is 1.73. The Kier molecular flexibility index (Phi) is 4.51. The lowest BCUT2D eigenvalue weighted by Crippen LogP contribution is -2.24. The smallest absolute Gasteiger partial charge is 0.244 e. The van der Waals surface area contributed by atoms with E-state index < -0.39 is 8.32 Å². The second kappa shape index (κ2) is 5.68. The zero-order valence-corrected chi connectivity index (χ0v) is 11.9. The molecule has 0 fully saturated rings. The first-order valence-electron chi connectivity index (χ1n) is 5.47. The maximum absolute atomic E-state index is 5.63. The maximum atomic E-state index is 5.63. The Balaban J connectivity index is 2.67. The summed E-state index contributed by atoms with van der Waals surface area (Å²) in [5.41, 5.74) is 0.963. The van der Waals surface area contributed by atoms with Gasteiger partial charge in [0.15, 0.2) is 5.88 Å². The number of aliphatic imine (C=N–C) groups is 1. The Morgan fingerprint density at radius 1 is 1.35 bits per heavy atom. The first-order valence-corrected chi connectivity index (χ1v) is 8.87. The van der Waals surface area contributed by atoms with Gasteiger partial charge in [-0.15, -0.1) is 0 Å². The fraction of sp³-hybridized carbons (Fsp3) is 0.308. The molecule has 0 aliphatic rings. The Labute approximate surface area is 104 Å². The minimum absolute atomic E-state index is 0.465. The van der Waals surface area contributed by atoms with E-state index in [1.807, 2.05) is 24.3 Å². The van der Waals surface area contributed by atoms with Crippen molar-refractivity contribution in [3.63, 3.8) is 0 Å². The summed E-state index contributed by atoms with van der Waals surface area (Å²) in [7, 11) is 0.0281. The van der Waals surface area contributed by atoms with E-state index in [0.29, 0.717) is 5.88 Å². The summed E-state index contributed by atoms with van der Waals surface area (Å²) >= 11 is 0. The minimum atomic E-state index is -1.61. The molecule has 0 aliphatic heterocycles. The summed E-state index contributed by atoms with van der Waals surface area (Å²) in [6.45, 7) is 10.1. The number of hydrogen-bond donors (Lipinski definition) is 0. The molecule has 0 radical (unpaired) electrons. The van der Waals surface area contributed by atoms with Crippen LogP contribution in [-0.4, -0.2) is 21.6 Å². The van der Waals surface area contributed by atoms with Crippen LogP contribution >= 0.6 is 0 Å². The monoisotopic (exact) mass is 249 g/mol. The molecule has 0 N–H and O–H groups in total. The van der Waals surface area contributed by atoms with Crippen molar-refractivity contribution in [3.05, 3.63) is 42.3 Å². The quantitative estimate of drug-likeness (QED) is 0.455. The minimum Gasteiger partial charge on any atom is -0.532 e. The molecule has 0 unspecified atom stereocenters. The molecule has 0 spiro atoms. The predicted octanol–water partition coefficient (Wildman–Crippen LogP) is 3.44. The third-order valence-electron chi connectivity index (χ3n) is 1.88. The van der Waals surface area contributed by atoms with Gasteiger partial charge in [0.05, 0.1) is 7.11 Å².